The normalized spacial score (nSPS) is 10.6. The monoisotopic (exact) mass is 222 g/mol. The molecule has 0 radical (unpaired) electrons. The van der Waals surface area contributed by atoms with Crippen LogP contribution < -0.4 is 10.6 Å². The van der Waals surface area contributed by atoms with Crippen molar-refractivity contribution in [2.45, 2.75) is 13.1 Å². The van der Waals surface area contributed by atoms with E-state index in [0.717, 1.165) is 11.1 Å². The molecule has 0 atom stereocenters. The number of carbonyl (C=O) groups excluding carboxylic acids is 1. The fraction of sp³-hybridized carbons (Fsp3) is 0.417. The zero-order valence-corrected chi connectivity index (χ0v) is 10.1. The number of hydrogen-bond donors (Lipinski definition) is 2. The minimum atomic E-state index is -0.305. The second-order valence-electron chi connectivity index (χ2n) is 3.57. The van der Waals surface area contributed by atoms with Crippen LogP contribution in [0, 0.1) is 6.92 Å². The summed E-state index contributed by atoms with van der Waals surface area (Å²) in [5.74, 6) is -0.305. The Balaban J connectivity index is 3.04. The number of benzene rings is 1. The van der Waals surface area contributed by atoms with Crippen molar-refractivity contribution in [1.29, 1.82) is 0 Å². The summed E-state index contributed by atoms with van der Waals surface area (Å²) in [6, 6.07) is 5.54. The highest BCUT2D eigenvalue weighted by Crippen LogP contribution is 2.17. The third-order valence-corrected chi connectivity index (χ3v) is 2.58. The summed E-state index contributed by atoms with van der Waals surface area (Å²) in [4.78, 5) is 11.3. The molecule has 0 unspecified atom stereocenters. The second-order valence-corrected chi connectivity index (χ2v) is 3.57. The molecule has 1 aromatic carbocycles. The molecule has 0 saturated heterocycles. The first-order valence-electron chi connectivity index (χ1n) is 5.17. The summed E-state index contributed by atoms with van der Waals surface area (Å²) in [7, 11) is 5.15. The Morgan fingerprint density at radius 1 is 1.31 bits per heavy atom. The van der Waals surface area contributed by atoms with Gasteiger partial charge in [0.25, 0.3) is 0 Å². The van der Waals surface area contributed by atoms with Gasteiger partial charge in [-0.2, -0.15) is 0 Å². The summed E-state index contributed by atoms with van der Waals surface area (Å²) in [5, 5.41) is 6.29. The minimum absolute atomic E-state index is 0.0895. The fourth-order valence-electron chi connectivity index (χ4n) is 1.70. The topological polar surface area (TPSA) is 50.4 Å². The van der Waals surface area contributed by atoms with Gasteiger partial charge in [-0.1, -0.05) is 6.07 Å². The number of rotatable bonds is 4. The first-order valence-corrected chi connectivity index (χ1v) is 5.17. The molecule has 0 saturated carbocycles. The van der Waals surface area contributed by atoms with Crippen LogP contribution in [0.15, 0.2) is 18.2 Å². The Bertz CT molecular complexity index is 373. The van der Waals surface area contributed by atoms with Crippen LogP contribution in [-0.4, -0.2) is 27.2 Å². The molecule has 4 heteroatoms. The van der Waals surface area contributed by atoms with E-state index in [2.05, 4.69) is 15.4 Å². The highest BCUT2D eigenvalue weighted by molar-refractivity contribution is 5.89. The van der Waals surface area contributed by atoms with Gasteiger partial charge >= 0.3 is 5.97 Å². The van der Waals surface area contributed by atoms with Crippen LogP contribution in [0.3, 0.4) is 0 Å². The lowest BCUT2D eigenvalue weighted by Crippen LogP contribution is -2.29. The largest absolute Gasteiger partial charge is 0.465 e. The smallest absolute Gasteiger partial charge is 0.337 e. The lowest BCUT2D eigenvalue weighted by atomic mass is 10.0. The van der Waals surface area contributed by atoms with Gasteiger partial charge in [0.1, 0.15) is 0 Å². The SMILES string of the molecule is CNC(NC)c1ccc(C(=O)OC)cc1C. The summed E-state index contributed by atoms with van der Waals surface area (Å²) in [5.41, 5.74) is 2.75. The van der Waals surface area contributed by atoms with E-state index in [-0.39, 0.29) is 12.1 Å². The highest BCUT2D eigenvalue weighted by Gasteiger charge is 2.12. The van der Waals surface area contributed by atoms with E-state index in [4.69, 9.17) is 0 Å². The van der Waals surface area contributed by atoms with E-state index in [1.165, 1.54) is 7.11 Å². The van der Waals surface area contributed by atoms with Gasteiger partial charge in [-0.3, -0.25) is 0 Å². The maximum Gasteiger partial charge on any atom is 0.337 e. The number of nitrogens with one attached hydrogen (secondary N) is 2. The Labute approximate surface area is 96.0 Å². The molecular weight excluding hydrogens is 204 g/mol. The van der Waals surface area contributed by atoms with E-state index < -0.39 is 0 Å². The molecule has 0 aromatic heterocycles. The highest BCUT2D eigenvalue weighted by atomic mass is 16.5. The van der Waals surface area contributed by atoms with Crippen molar-refractivity contribution in [2.24, 2.45) is 0 Å². The lowest BCUT2D eigenvalue weighted by molar-refractivity contribution is 0.0600. The number of hydrogen-bond acceptors (Lipinski definition) is 4. The lowest BCUT2D eigenvalue weighted by Gasteiger charge is -2.18. The second kappa shape index (κ2) is 5.63. The first-order chi connectivity index (χ1) is 7.63. The van der Waals surface area contributed by atoms with Crippen LogP contribution in [0.2, 0.25) is 0 Å². The molecule has 4 nitrogen and oxygen atoms in total. The van der Waals surface area contributed by atoms with Gasteiger partial charge in [0, 0.05) is 0 Å². The standard InChI is InChI=1S/C12H18N2O2/c1-8-7-9(12(15)16-4)5-6-10(8)11(13-2)14-3/h5-7,11,13-14H,1-4H3. The molecule has 0 heterocycles. The first kappa shape index (κ1) is 12.7. The molecule has 1 aromatic rings. The van der Waals surface area contributed by atoms with E-state index in [1.54, 1.807) is 6.07 Å². The van der Waals surface area contributed by atoms with Crippen molar-refractivity contribution < 1.29 is 9.53 Å². The molecule has 0 fully saturated rings. The number of aryl methyl sites for hydroxylation is 1. The summed E-state index contributed by atoms with van der Waals surface area (Å²) in [6.45, 7) is 1.98. The van der Waals surface area contributed by atoms with Gasteiger partial charge in [-0.15, -0.1) is 0 Å². The number of esters is 1. The maximum atomic E-state index is 11.3. The molecular formula is C12H18N2O2. The van der Waals surface area contributed by atoms with Crippen LogP contribution >= 0.6 is 0 Å². The van der Waals surface area contributed by atoms with Gasteiger partial charge in [0.05, 0.1) is 18.8 Å². The molecule has 0 spiro atoms. The van der Waals surface area contributed by atoms with Crippen LogP contribution in [0.25, 0.3) is 0 Å². The van der Waals surface area contributed by atoms with Crippen LogP contribution in [0.1, 0.15) is 27.7 Å². The fourth-order valence-corrected chi connectivity index (χ4v) is 1.70. The average molecular weight is 222 g/mol. The predicted octanol–water partition coefficient (Wildman–Crippen LogP) is 1.22. The quantitative estimate of drug-likeness (QED) is 0.594. The summed E-state index contributed by atoms with van der Waals surface area (Å²) < 4.78 is 4.67. The van der Waals surface area contributed by atoms with Crippen molar-refractivity contribution in [3.05, 3.63) is 34.9 Å². The molecule has 0 amide bonds. The van der Waals surface area contributed by atoms with E-state index in [1.807, 2.05) is 33.2 Å². The Morgan fingerprint density at radius 2 is 1.94 bits per heavy atom. The van der Waals surface area contributed by atoms with Crippen molar-refractivity contribution in [1.82, 2.24) is 10.6 Å². The Hall–Kier alpha value is -1.39. The Morgan fingerprint density at radius 3 is 2.38 bits per heavy atom. The van der Waals surface area contributed by atoms with Gasteiger partial charge in [-0.25, -0.2) is 4.79 Å². The van der Waals surface area contributed by atoms with Gasteiger partial charge in [0.15, 0.2) is 0 Å². The van der Waals surface area contributed by atoms with Gasteiger partial charge in [0.2, 0.25) is 0 Å². The summed E-state index contributed by atoms with van der Waals surface area (Å²) >= 11 is 0. The third-order valence-electron chi connectivity index (χ3n) is 2.58. The van der Waals surface area contributed by atoms with E-state index in [0.29, 0.717) is 5.56 Å². The zero-order chi connectivity index (χ0) is 12.1. The molecule has 88 valence electrons. The molecule has 16 heavy (non-hydrogen) atoms. The van der Waals surface area contributed by atoms with Crippen molar-refractivity contribution in [3.8, 4) is 0 Å². The molecule has 0 aliphatic heterocycles. The van der Waals surface area contributed by atoms with Crippen molar-refractivity contribution >= 4 is 5.97 Å². The van der Waals surface area contributed by atoms with Crippen LogP contribution in [-0.2, 0) is 4.74 Å². The third kappa shape index (κ3) is 2.59. The maximum absolute atomic E-state index is 11.3. The predicted molar refractivity (Wildman–Crippen MR) is 63.4 cm³/mol. The molecule has 0 aliphatic carbocycles. The molecule has 0 bridgehead atoms. The van der Waals surface area contributed by atoms with E-state index >= 15 is 0 Å². The van der Waals surface area contributed by atoms with Crippen molar-refractivity contribution in [2.75, 3.05) is 21.2 Å². The van der Waals surface area contributed by atoms with Crippen LogP contribution in [0.4, 0.5) is 0 Å². The van der Waals surface area contributed by atoms with Gasteiger partial charge < -0.3 is 15.4 Å². The number of carbonyl (C=O) groups is 1. The molecule has 0 aliphatic rings. The van der Waals surface area contributed by atoms with Crippen molar-refractivity contribution in [3.63, 3.8) is 0 Å². The van der Waals surface area contributed by atoms with Gasteiger partial charge in [-0.05, 0) is 44.3 Å². The van der Waals surface area contributed by atoms with Crippen LogP contribution in [0.5, 0.6) is 0 Å². The molecule has 2 N–H and O–H groups in total. The minimum Gasteiger partial charge on any atom is -0.465 e. The van der Waals surface area contributed by atoms with E-state index in [9.17, 15) is 4.79 Å². The Kier molecular flexibility index (Phi) is 4.46. The number of methoxy groups -OCH3 is 1. The summed E-state index contributed by atoms with van der Waals surface area (Å²) in [6.07, 6.45) is 0.0895. The zero-order valence-electron chi connectivity index (χ0n) is 10.1. The average Bonchev–Trinajstić information content (AvgIpc) is 2.31. The molecule has 1 rings (SSSR count). The number of ether oxygens (including phenoxy) is 1.